The highest BCUT2D eigenvalue weighted by molar-refractivity contribution is 7.17. The van der Waals surface area contributed by atoms with E-state index in [1.54, 1.807) is 13.3 Å². The van der Waals surface area contributed by atoms with Gasteiger partial charge in [-0.2, -0.15) is 0 Å². The number of nitrogens with zero attached hydrogens (tertiary/aromatic N) is 2. The van der Waals surface area contributed by atoms with Crippen LogP contribution < -0.4 is 15.6 Å². The second-order valence-corrected chi connectivity index (χ2v) is 7.94. The largest absolute Gasteiger partial charge is 0.497 e. The van der Waals surface area contributed by atoms with Crippen LogP contribution in [0.15, 0.2) is 71.8 Å². The van der Waals surface area contributed by atoms with Gasteiger partial charge in [-0.15, -0.1) is 11.3 Å². The number of nitrogens with one attached hydrogen (secondary N) is 1. The zero-order chi connectivity index (χ0) is 20.9. The van der Waals surface area contributed by atoms with Crippen LogP contribution in [0.25, 0.3) is 4.96 Å². The number of aromatic nitrogens is 2. The highest BCUT2D eigenvalue weighted by Gasteiger charge is 2.15. The number of fused-ring (bicyclic) bond motifs is 1. The minimum absolute atomic E-state index is 0.0437. The van der Waals surface area contributed by atoms with Gasteiger partial charge >= 0.3 is 0 Å². The Morgan fingerprint density at radius 1 is 1.13 bits per heavy atom. The predicted molar refractivity (Wildman–Crippen MR) is 118 cm³/mol. The highest BCUT2D eigenvalue weighted by atomic mass is 32.1. The lowest BCUT2D eigenvalue weighted by Gasteiger charge is -2.06. The average molecular weight is 420 g/mol. The van der Waals surface area contributed by atoms with Gasteiger partial charge in [-0.1, -0.05) is 42.5 Å². The molecule has 2 heterocycles. The number of methoxy groups -OCH3 is 1. The van der Waals surface area contributed by atoms with Crippen molar-refractivity contribution >= 4 is 22.2 Å². The number of carbonyl (C=O) groups excluding carboxylic acids is 1. The zero-order valence-electron chi connectivity index (χ0n) is 16.5. The van der Waals surface area contributed by atoms with Gasteiger partial charge in [0.25, 0.3) is 11.5 Å². The SMILES string of the molecule is COc1cccc(CCNC(=O)c2cnc3sc(Cc4ccccc4)cn3c2=O)c1. The first-order valence-corrected chi connectivity index (χ1v) is 10.4. The van der Waals surface area contributed by atoms with E-state index >= 15 is 0 Å². The number of carbonyl (C=O) groups is 1. The Hall–Kier alpha value is -3.45. The second-order valence-electron chi connectivity index (χ2n) is 6.85. The number of hydrogen-bond donors (Lipinski definition) is 1. The van der Waals surface area contributed by atoms with E-state index in [1.807, 2.05) is 54.6 Å². The molecule has 4 rings (SSSR count). The number of rotatable bonds is 7. The highest BCUT2D eigenvalue weighted by Crippen LogP contribution is 2.18. The van der Waals surface area contributed by atoms with Crippen molar-refractivity contribution in [3.8, 4) is 5.75 Å². The Morgan fingerprint density at radius 2 is 1.93 bits per heavy atom. The smallest absolute Gasteiger partial charge is 0.271 e. The maximum Gasteiger partial charge on any atom is 0.271 e. The second kappa shape index (κ2) is 8.92. The van der Waals surface area contributed by atoms with E-state index in [9.17, 15) is 9.59 Å². The van der Waals surface area contributed by atoms with E-state index in [0.717, 1.165) is 28.2 Å². The average Bonchev–Trinajstić information content (AvgIpc) is 3.18. The molecule has 0 radical (unpaired) electrons. The monoisotopic (exact) mass is 419 g/mol. The van der Waals surface area contributed by atoms with E-state index in [2.05, 4.69) is 10.3 Å². The molecule has 0 aliphatic carbocycles. The molecule has 1 amide bonds. The third kappa shape index (κ3) is 4.41. The van der Waals surface area contributed by atoms with E-state index in [4.69, 9.17) is 4.74 Å². The van der Waals surface area contributed by atoms with E-state index in [-0.39, 0.29) is 11.1 Å². The predicted octanol–water partition coefficient (Wildman–Crippen LogP) is 3.33. The van der Waals surface area contributed by atoms with E-state index in [1.165, 1.54) is 21.9 Å². The number of benzene rings is 2. The molecule has 0 saturated heterocycles. The molecule has 0 atom stereocenters. The van der Waals surface area contributed by atoms with Gasteiger partial charge in [-0.3, -0.25) is 14.0 Å². The van der Waals surface area contributed by atoms with Crippen LogP contribution in [0.1, 0.15) is 26.4 Å². The number of ether oxygens (including phenoxy) is 1. The minimum Gasteiger partial charge on any atom is -0.497 e. The molecule has 152 valence electrons. The van der Waals surface area contributed by atoms with E-state index < -0.39 is 5.91 Å². The molecule has 1 N–H and O–H groups in total. The third-order valence-electron chi connectivity index (χ3n) is 4.75. The summed E-state index contributed by atoms with van der Waals surface area (Å²) in [5.41, 5.74) is 1.90. The summed E-state index contributed by atoms with van der Waals surface area (Å²) >= 11 is 1.45. The molecule has 0 aliphatic rings. The summed E-state index contributed by atoms with van der Waals surface area (Å²) in [4.78, 5) is 31.3. The fraction of sp³-hybridized carbons (Fsp3) is 0.174. The molecular formula is C23H21N3O3S. The summed E-state index contributed by atoms with van der Waals surface area (Å²) in [6, 6.07) is 17.7. The molecule has 0 bridgehead atoms. The minimum atomic E-state index is -0.416. The number of thiazole rings is 1. The molecule has 4 aromatic rings. The van der Waals surface area contributed by atoms with Crippen LogP contribution in [0.3, 0.4) is 0 Å². The van der Waals surface area contributed by atoms with Crippen molar-refractivity contribution in [2.75, 3.05) is 13.7 Å². The Morgan fingerprint density at radius 3 is 2.73 bits per heavy atom. The summed E-state index contributed by atoms with van der Waals surface area (Å²) in [6.07, 6.45) is 4.49. The van der Waals surface area contributed by atoms with Gasteiger partial charge in [0.05, 0.1) is 7.11 Å². The fourth-order valence-corrected chi connectivity index (χ4v) is 4.18. The molecule has 6 nitrogen and oxygen atoms in total. The molecule has 0 spiro atoms. The van der Waals surface area contributed by atoms with Gasteiger partial charge in [0, 0.05) is 30.2 Å². The first-order chi connectivity index (χ1) is 14.6. The summed E-state index contributed by atoms with van der Waals surface area (Å²) in [6.45, 7) is 0.414. The van der Waals surface area contributed by atoms with Crippen LogP contribution in [0, 0.1) is 0 Å². The van der Waals surface area contributed by atoms with Gasteiger partial charge in [0.15, 0.2) is 4.96 Å². The first-order valence-electron chi connectivity index (χ1n) is 9.59. The van der Waals surface area contributed by atoms with Crippen LogP contribution in [0.5, 0.6) is 5.75 Å². The van der Waals surface area contributed by atoms with Gasteiger partial charge in [-0.25, -0.2) is 4.98 Å². The van der Waals surface area contributed by atoms with Crippen molar-refractivity contribution in [3.05, 3.63) is 98.9 Å². The zero-order valence-corrected chi connectivity index (χ0v) is 17.3. The normalized spacial score (nSPS) is 10.8. The fourth-order valence-electron chi connectivity index (χ4n) is 3.21. The standard InChI is InChI=1S/C23H21N3O3S/c1-29-18-9-5-8-17(12-18)10-11-24-21(27)20-14-25-23-26(22(20)28)15-19(30-23)13-16-6-3-2-4-7-16/h2-9,12,14-15H,10-11,13H2,1H3,(H,24,27). The van der Waals surface area contributed by atoms with Crippen LogP contribution >= 0.6 is 11.3 Å². The molecule has 0 fully saturated rings. The lowest BCUT2D eigenvalue weighted by atomic mass is 10.1. The first kappa shape index (κ1) is 19.8. The van der Waals surface area contributed by atoms with E-state index in [0.29, 0.717) is 17.9 Å². The van der Waals surface area contributed by atoms with Crippen LogP contribution in [0.2, 0.25) is 0 Å². The van der Waals surface area contributed by atoms with Crippen molar-refractivity contribution in [1.82, 2.24) is 14.7 Å². The Labute approximate surface area is 177 Å². The summed E-state index contributed by atoms with van der Waals surface area (Å²) in [5, 5.41) is 2.81. The summed E-state index contributed by atoms with van der Waals surface area (Å²) < 4.78 is 6.67. The lowest BCUT2D eigenvalue weighted by Crippen LogP contribution is -2.32. The Kier molecular flexibility index (Phi) is 5.90. The molecule has 0 aliphatic heterocycles. The van der Waals surface area contributed by atoms with Crippen molar-refractivity contribution in [1.29, 1.82) is 0 Å². The van der Waals surface area contributed by atoms with Crippen LogP contribution in [-0.2, 0) is 12.8 Å². The molecule has 2 aromatic carbocycles. The molecule has 30 heavy (non-hydrogen) atoms. The molecular weight excluding hydrogens is 398 g/mol. The summed E-state index contributed by atoms with van der Waals surface area (Å²) in [7, 11) is 1.62. The molecule has 2 aromatic heterocycles. The lowest BCUT2D eigenvalue weighted by molar-refractivity contribution is 0.0952. The number of amides is 1. The molecule has 0 unspecified atom stereocenters. The van der Waals surface area contributed by atoms with Crippen LogP contribution in [0.4, 0.5) is 0 Å². The maximum atomic E-state index is 12.8. The molecule has 7 heteroatoms. The Balaban J connectivity index is 1.46. The van der Waals surface area contributed by atoms with Crippen LogP contribution in [-0.4, -0.2) is 28.9 Å². The Bertz CT molecular complexity index is 1230. The number of hydrogen-bond acceptors (Lipinski definition) is 5. The van der Waals surface area contributed by atoms with Gasteiger partial charge < -0.3 is 10.1 Å². The van der Waals surface area contributed by atoms with Gasteiger partial charge in [-0.05, 0) is 29.7 Å². The van der Waals surface area contributed by atoms with Crippen molar-refractivity contribution in [2.24, 2.45) is 0 Å². The van der Waals surface area contributed by atoms with Gasteiger partial charge in [0.2, 0.25) is 0 Å². The van der Waals surface area contributed by atoms with Crippen molar-refractivity contribution in [2.45, 2.75) is 12.8 Å². The quantitative estimate of drug-likeness (QED) is 0.499. The topological polar surface area (TPSA) is 72.7 Å². The molecule has 0 saturated carbocycles. The third-order valence-corrected chi connectivity index (χ3v) is 5.75. The van der Waals surface area contributed by atoms with Gasteiger partial charge in [0.1, 0.15) is 11.3 Å². The summed E-state index contributed by atoms with van der Waals surface area (Å²) in [5.74, 6) is 0.357. The van der Waals surface area contributed by atoms with Crippen molar-refractivity contribution in [3.63, 3.8) is 0 Å². The van der Waals surface area contributed by atoms with Crippen molar-refractivity contribution < 1.29 is 9.53 Å². The maximum absolute atomic E-state index is 12.8.